The van der Waals surface area contributed by atoms with Crippen molar-refractivity contribution in [3.05, 3.63) is 29.8 Å². The van der Waals surface area contributed by atoms with Gasteiger partial charge in [-0.1, -0.05) is 31.4 Å². The maximum absolute atomic E-state index is 5.04. The van der Waals surface area contributed by atoms with Crippen LogP contribution in [-0.2, 0) is 11.3 Å². The Kier molecular flexibility index (Phi) is 7.04. The molecule has 1 aromatic carbocycles. The van der Waals surface area contributed by atoms with Crippen molar-refractivity contribution >= 4 is 5.69 Å². The molecule has 0 amide bonds. The van der Waals surface area contributed by atoms with Crippen molar-refractivity contribution in [1.82, 2.24) is 5.32 Å². The topological polar surface area (TPSA) is 24.5 Å². The van der Waals surface area contributed by atoms with Gasteiger partial charge in [-0.2, -0.15) is 0 Å². The first-order chi connectivity index (χ1) is 10.3. The van der Waals surface area contributed by atoms with Gasteiger partial charge in [0.05, 0.1) is 6.61 Å². The molecule has 1 aromatic rings. The number of anilines is 1. The van der Waals surface area contributed by atoms with E-state index in [2.05, 4.69) is 41.4 Å². The molecule has 0 spiro atoms. The van der Waals surface area contributed by atoms with Gasteiger partial charge in [0.2, 0.25) is 0 Å². The van der Waals surface area contributed by atoms with Crippen LogP contribution in [0.25, 0.3) is 0 Å². The standard InChI is InChI=1S/C18H30N2O/c1-3-20(17-7-5-4-6-8-17)18-11-9-16(10-12-18)15-19-13-14-21-2/h9-12,17,19H,3-8,13-15H2,1-2H3. The fourth-order valence-electron chi connectivity index (χ4n) is 3.26. The third-order valence-electron chi connectivity index (χ3n) is 4.44. The van der Waals surface area contributed by atoms with Crippen molar-refractivity contribution in [2.75, 3.05) is 31.7 Å². The zero-order chi connectivity index (χ0) is 14.9. The summed E-state index contributed by atoms with van der Waals surface area (Å²) < 4.78 is 5.04. The number of benzene rings is 1. The lowest BCUT2D eigenvalue weighted by molar-refractivity contribution is 0.199. The molecule has 1 saturated carbocycles. The molecular formula is C18H30N2O. The zero-order valence-corrected chi connectivity index (χ0v) is 13.6. The first kappa shape index (κ1) is 16.3. The van der Waals surface area contributed by atoms with Crippen LogP contribution in [0.2, 0.25) is 0 Å². The molecule has 0 heterocycles. The van der Waals surface area contributed by atoms with Gasteiger partial charge >= 0.3 is 0 Å². The van der Waals surface area contributed by atoms with Gasteiger partial charge in [0, 0.05) is 38.5 Å². The Labute approximate surface area is 129 Å². The molecule has 2 rings (SSSR count). The number of ether oxygens (including phenoxy) is 1. The second-order valence-corrected chi connectivity index (χ2v) is 5.91. The molecule has 0 aliphatic heterocycles. The van der Waals surface area contributed by atoms with E-state index in [1.807, 2.05) is 0 Å². The number of hydrogen-bond acceptors (Lipinski definition) is 3. The van der Waals surface area contributed by atoms with Crippen LogP contribution in [0.15, 0.2) is 24.3 Å². The number of methoxy groups -OCH3 is 1. The van der Waals surface area contributed by atoms with Crippen LogP contribution in [0.3, 0.4) is 0 Å². The molecule has 3 nitrogen and oxygen atoms in total. The average Bonchev–Trinajstić information content (AvgIpc) is 2.55. The highest BCUT2D eigenvalue weighted by atomic mass is 16.5. The fourth-order valence-corrected chi connectivity index (χ4v) is 3.26. The van der Waals surface area contributed by atoms with Gasteiger partial charge < -0.3 is 15.0 Å². The zero-order valence-electron chi connectivity index (χ0n) is 13.6. The van der Waals surface area contributed by atoms with E-state index < -0.39 is 0 Å². The van der Waals surface area contributed by atoms with Gasteiger partial charge in [0.15, 0.2) is 0 Å². The third-order valence-corrected chi connectivity index (χ3v) is 4.44. The number of nitrogens with one attached hydrogen (secondary N) is 1. The summed E-state index contributed by atoms with van der Waals surface area (Å²) in [4.78, 5) is 2.58. The molecule has 3 heteroatoms. The molecular weight excluding hydrogens is 260 g/mol. The van der Waals surface area contributed by atoms with Gasteiger partial charge in [-0.3, -0.25) is 0 Å². The Bertz CT molecular complexity index is 385. The van der Waals surface area contributed by atoms with Gasteiger partial charge in [-0.15, -0.1) is 0 Å². The summed E-state index contributed by atoms with van der Waals surface area (Å²) in [5.74, 6) is 0. The van der Waals surface area contributed by atoms with Crippen LogP contribution in [-0.4, -0.2) is 32.8 Å². The minimum atomic E-state index is 0.745. The SMILES string of the molecule is CCN(c1ccc(CNCCOC)cc1)C1CCCCC1. The molecule has 1 aliphatic rings. The van der Waals surface area contributed by atoms with Crippen molar-refractivity contribution in [2.45, 2.75) is 51.6 Å². The minimum absolute atomic E-state index is 0.745. The second kappa shape index (κ2) is 9.06. The predicted octanol–water partition coefficient (Wildman–Crippen LogP) is 3.58. The lowest BCUT2D eigenvalue weighted by Crippen LogP contribution is -2.36. The van der Waals surface area contributed by atoms with E-state index >= 15 is 0 Å². The summed E-state index contributed by atoms with van der Waals surface area (Å²) in [5, 5.41) is 3.39. The highest BCUT2D eigenvalue weighted by Crippen LogP contribution is 2.27. The van der Waals surface area contributed by atoms with Crippen molar-refractivity contribution in [3.8, 4) is 0 Å². The molecule has 1 aliphatic carbocycles. The number of hydrogen-bond donors (Lipinski definition) is 1. The van der Waals surface area contributed by atoms with E-state index in [4.69, 9.17) is 4.74 Å². The molecule has 0 unspecified atom stereocenters. The van der Waals surface area contributed by atoms with Crippen molar-refractivity contribution in [3.63, 3.8) is 0 Å². The average molecular weight is 290 g/mol. The molecule has 0 aromatic heterocycles. The first-order valence-electron chi connectivity index (χ1n) is 8.40. The molecule has 1 N–H and O–H groups in total. The largest absolute Gasteiger partial charge is 0.383 e. The summed E-state index contributed by atoms with van der Waals surface area (Å²) in [6.07, 6.45) is 6.91. The smallest absolute Gasteiger partial charge is 0.0587 e. The Morgan fingerprint density at radius 3 is 2.48 bits per heavy atom. The van der Waals surface area contributed by atoms with Crippen LogP contribution >= 0.6 is 0 Å². The lowest BCUT2D eigenvalue weighted by Gasteiger charge is -2.35. The Morgan fingerprint density at radius 2 is 1.86 bits per heavy atom. The van der Waals surface area contributed by atoms with Gasteiger partial charge in [0.1, 0.15) is 0 Å². The number of nitrogens with zero attached hydrogens (tertiary/aromatic N) is 1. The Balaban J connectivity index is 1.89. The van der Waals surface area contributed by atoms with Crippen LogP contribution < -0.4 is 10.2 Å². The monoisotopic (exact) mass is 290 g/mol. The number of rotatable bonds is 8. The molecule has 0 bridgehead atoms. The molecule has 118 valence electrons. The molecule has 0 atom stereocenters. The molecule has 0 radical (unpaired) electrons. The predicted molar refractivity (Wildman–Crippen MR) is 89.9 cm³/mol. The normalized spacial score (nSPS) is 16.1. The van der Waals surface area contributed by atoms with Crippen molar-refractivity contribution in [1.29, 1.82) is 0 Å². The first-order valence-corrected chi connectivity index (χ1v) is 8.40. The maximum atomic E-state index is 5.04. The summed E-state index contributed by atoms with van der Waals surface area (Å²) in [5.41, 5.74) is 2.72. The Morgan fingerprint density at radius 1 is 1.14 bits per heavy atom. The van der Waals surface area contributed by atoms with E-state index in [0.29, 0.717) is 0 Å². The quantitative estimate of drug-likeness (QED) is 0.741. The van der Waals surface area contributed by atoms with E-state index in [9.17, 15) is 0 Å². The fraction of sp³-hybridized carbons (Fsp3) is 0.667. The van der Waals surface area contributed by atoms with E-state index in [1.165, 1.54) is 43.4 Å². The maximum Gasteiger partial charge on any atom is 0.0587 e. The summed E-state index contributed by atoms with van der Waals surface area (Å²) in [6, 6.07) is 9.81. The van der Waals surface area contributed by atoms with E-state index in [0.717, 1.165) is 32.3 Å². The van der Waals surface area contributed by atoms with E-state index in [1.54, 1.807) is 7.11 Å². The summed E-state index contributed by atoms with van der Waals surface area (Å²) >= 11 is 0. The third kappa shape index (κ3) is 5.01. The summed E-state index contributed by atoms with van der Waals surface area (Å²) in [6.45, 7) is 5.97. The lowest BCUT2D eigenvalue weighted by atomic mass is 9.93. The van der Waals surface area contributed by atoms with Gasteiger partial charge in [0.25, 0.3) is 0 Å². The van der Waals surface area contributed by atoms with Crippen LogP contribution in [0, 0.1) is 0 Å². The van der Waals surface area contributed by atoms with Crippen molar-refractivity contribution < 1.29 is 4.74 Å². The highest BCUT2D eigenvalue weighted by Gasteiger charge is 2.19. The minimum Gasteiger partial charge on any atom is -0.383 e. The van der Waals surface area contributed by atoms with E-state index in [-0.39, 0.29) is 0 Å². The molecule has 21 heavy (non-hydrogen) atoms. The highest BCUT2D eigenvalue weighted by molar-refractivity contribution is 5.48. The van der Waals surface area contributed by atoms with Crippen LogP contribution in [0.1, 0.15) is 44.6 Å². The Hall–Kier alpha value is -1.06. The summed E-state index contributed by atoms with van der Waals surface area (Å²) in [7, 11) is 1.74. The van der Waals surface area contributed by atoms with Gasteiger partial charge in [-0.05, 0) is 37.5 Å². The van der Waals surface area contributed by atoms with Crippen LogP contribution in [0.4, 0.5) is 5.69 Å². The van der Waals surface area contributed by atoms with Crippen molar-refractivity contribution in [2.24, 2.45) is 0 Å². The van der Waals surface area contributed by atoms with Gasteiger partial charge in [-0.25, -0.2) is 0 Å². The second-order valence-electron chi connectivity index (χ2n) is 5.91. The van der Waals surface area contributed by atoms with Crippen LogP contribution in [0.5, 0.6) is 0 Å². The molecule has 1 fully saturated rings. The molecule has 0 saturated heterocycles.